The van der Waals surface area contributed by atoms with Gasteiger partial charge in [0.05, 0.1) is 0 Å². The number of benzene rings is 1. The van der Waals surface area contributed by atoms with Crippen LogP contribution in [0.2, 0.25) is 0 Å². The van der Waals surface area contributed by atoms with Gasteiger partial charge >= 0.3 is 0 Å². The summed E-state index contributed by atoms with van der Waals surface area (Å²) in [6, 6.07) is 8.59. The quantitative estimate of drug-likeness (QED) is 0.610. The monoisotopic (exact) mass is 174 g/mol. The summed E-state index contributed by atoms with van der Waals surface area (Å²) in [5, 5.41) is 0. The van der Waals surface area contributed by atoms with Gasteiger partial charge in [-0.15, -0.1) is 0 Å². The first-order valence-electron chi connectivity index (χ1n) is 4.94. The van der Waals surface area contributed by atoms with Gasteiger partial charge in [-0.05, 0) is 37.8 Å². The minimum atomic E-state index is 1.10. The van der Waals surface area contributed by atoms with Crippen molar-refractivity contribution in [1.29, 1.82) is 0 Å². The molecular weight excluding hydrogens is 156 g/mol. The van der Waals surface area contributed by atoms with Crippen LogP contribution in [0.25, 0.3) is 0 Å². The second kappa shape index (κ2) is 4.86. The Labute approximate surface area is 81.3 Å². The van der Waals surface area contributed by atoms with Crippen LogP contribution in [-0.2, 0) is 6.42 Å². The highest BCUT2D eigenvalue weighted by atomic mass is 14.0. The fraction of sp³-hybridized carbons (Fsp3) is 0.385. The summed E-state index contributed by atoms with van der Waals surface area (Å²) in [7, 11) is 0. The molecule has 0 aromatic heterocycles. The Morgan fingerprint density at radius 2 is 2.00 bits per heavy atom. The van der Waals surface area contributed by atoms with Gasteiger partial charge in [0.25, 0.3) is 0 Å². The zero-order chi connectivity index (χ0) is 9.68. The van der Waals surface area contributed by atoms with Gasteiger partial charge in [0.15, 0.2) is 0 Å². The summed E-state index contributed by atoms with van der Waals surface area (Å²) >= 11 is 0. The van der Waals surface area contributed by atoms with E-state index in [1.807, 2.05) is 0 Å². The molecule has 1 aromatic rings. The molecule has 13 heavy (non-hydrogen) atoms. The molecule has 0 atom stereocenters. The maximum Gasteiger partial charge on any atom is -0.00673 e. The summed E-state index contributed by atoms with van der Waals surface area (Å²) in [5.74, 6) is 0. The summed E-state index contributed by atoms with van der Waals surface area (Å²) in [6.45, 7) is 6.56. The molecule has 0 spiro atoms. The molecule has 0 aliphatic carbocycles. The highest BCUT2D eigenvalue weighted by Gasteiger charge is 1.96. The van der Waals surface area contributed by atoms with Gasteiger partial charge in [0, 0.05) is 0 Å². The lowest BCUT2D eigenvalue weighted by Crippen LogP contribution is -1.90. The Balaban J connectivity index is 2.74. The van der Waals surface area contributed by atoms with E-state index in [1.165, 1.54) is 16.7 Å². The van der Waals surface area contributed by atoms with E-state index in [1.54, 1.807) is 0 Å². The Morgan fingerprint density at radius 1 is 1.31 bits per heavy atom. The maximum atomic E-state index is 2.30. The van der Waals surface area contributed by atoms with E-state index in [9.17, 15) is 0 Å². The van der Waals surface area contributed by atoms with E-state index in [0.29, 0.717) is 0 Å². The molecule has 0 saturated heterocycles. The first kappa shape index (κ1) is 10.0. The number of hydrogen-bond donors (Lipinski definition) is 0. The smallest absolute Gasteiger partial charge is 0.00673 e. The lowest BCUT2D eigenvalue weighted by atomic mass is 10.0. The van der Waals surface area contributed by atoms with Crippen LogP contribution in [0.1, 0.15) is 31.4 Å². The summed E-state index contributed by atoms with van der Waals surface area (Å²) < 4.78 is 0. The third-order valence-corrected chi connectivity index (χ3v) is 2.28. The SMILES string of the molecule is CCC=C(C)Cc1ccccc1C. The van der Waals surface area contributed by atoms with E-state index in [4.69, 9.17) is 0 Å². The minimum absolute atomic E-state index is 1.10. The molecular formula is C13H18. The highest BCUT2D eigenvalue weighted by Crippen LogP contribution is 2.12. The van der Waals surface area contributed by atoms with Gasteiger partial charge in [0.2, 0.25) is 0 Å². The molecule has 0 aliphatic rings. The molecule has 1 rings (SSSR count). The van der Waals surface area contributed by atoms with E-state index < -0.39 is 0 Å². The lowest BCUT2D eigenvalue weighted by molar-refractivity contribution is 1.07. The predicted molar refractivity (Wildman–Crippen MR) is 58.9 cm³/mol. The molecule has 0 radical (unpaired) electrons. The third-order valence-electron chi connectivity index (χ3n) is 2.28. The van der Waals surface area contributed by atoms with Crippen LogP contribution < -0.4 is 0 Å². The van der Waals surface area contributed by atoms with Crippen LogP contribution in [0.3, 0.4) is 0 Å². The second-order valence-electron chi connectivity index (χ2n) is 3.56. The van der Waals surface area contributed by atoms with Gasteiger partial charge in [-0.25, -0.2) is 0 Å². The molecule has 1 aromatic carbocycles. The van der Waals surface area contributed by atoms with Crippen LogP contribution in [0.4, 0.5) is 0 Å². The van der Waals surface area contributed by atoms with Crippen LogP contribution >= 0.6 is 0 Å². The van der Waals surface area contributed by atoms with Crippen LogP contribution in [0.15, 0.2) is 35.9 Å². The van der Waals surface area contributed by atoms with Gasteiger partial charge < -0.3 is 0 Å². The van der Waals surface area contributed by atoms with E-state index in [0.717, 1.165) is 12.8 Å². The Morgan fingerprint density at radius 3 is 2.62 bits per heavy atom. The average molecular weight is 174 g/mol. The van der Waals surface area contributed by atoms with Crippen molar-refractivity contribution in [3.63, 3.8) is 0 Å². The third kappa shape index (κ3) is 3.06. The number of hydrogen-bond acceptors (Lipinski definition) is 0. The normalized spacial score (nSPS) is 11.8. The molecule has 0 heteroatoms. The number of aryl methyl sites for hydroxylation is 1. The minimum Gasteiger partial charge on any atom is -0.0855 e. The maximum absolute atomic E-state index is 2.30. The Hall–Kier alpha value is -1.04. The van der Waals surface area contributed by atoms with Gasteiger partial charge in [-0.1, -0.05) is 42.8 Å². The van der Waals surface area contributed by atoms with Crippen molar-refractivity contribution in [2.75, 3.05) is 0 Å². The topological polar surface area (TPSA) is 0 Å². The first-order chi connectivity index (χ1) is 6.24. The summed E-state index contributed by atoms with van der Waals surface area (Å²) in [6.07, 6.45) is 4.53. The van der Waals surface area contributed by atoms with Crippen LogP contribution in [0.5, 0.6) is 0 Å². The predicted octanol–water partition coefficient (Wildman–Crippen LogP) is 3.89. The number of rotatable bonds is 3. The van der Waals surface area contributed by atoms with Crippen molar-refractivity contribution in [1.82, 2.24) is 0 Å². The van der Waals surface area contributed by atoms with Crippen molar-refractivity contribution < 1.29 is 0 Å². The van der Waals surface area contributed by atoms with Crippen molar-refractivity contribution in [2.24, 2.45) is 0 Å². The molecule has 0 bridgehead atoms. The molecule has 0 saturated carbocycles. The van der Waals surface area contributed by atoms with Crippen LogP contribution in [0, 0.1) is 6.92 Å². The largest absolute Gasteiger partial charge is 0.0855 e. The van der Waals surface area contributed by atoms with Gasteiger partial charge in [-0.2, -0.15) is 0 Å². The van der Waals surface area contributed by atoms with E-state index in [2.05, 4.69) is 51.1 Å². The van der Waals surface area contributed by atoms with Crippen molar-refractivity contribution in [2.45, 2.75) is 33.6 Å². The standard InChI is InChI=1S/C13H18/c1-4-7-11(2)10-13-9-6-5-8-12(13)3/h5-9H,4,10H2,1-3H3. The zero-order valence-electron chi connectivity index (χ0n) is 8.80. The van der Waals surface area contributed by atoms with Gasteiger partial charge in [0.1, 0.15) is 0 Å². The summed E-state index contributed by atoms with van der Waals surface area (Å²) in [5.41, 5.74) is 4.31. The molecule has 0 heterocycles. The molecule has 0 amide bonds. The van der Waals surface area contributed by atoms with Crippen molar-refractivity contribution >= 4 is 0 Å². The summed E-state index contributed by atoms with van der Waals surface area (Å²) in [4.78, 5) is 0. The molecule has 0 fully saturated rings. The van der Waals surface area contributed by atoms with E-state index in [-0.39, 0.29) is 0 Å². The van der Waals surface area contributed by atoms with Crippen molar-refractivity contribution in [3.05, 3.63) is 47.0 Å². The molecule has 0 N–H and O–H groups in total. The van der Waals surface area contributed by atoms with Crippen LogP contribution in [-0.4, -0.2) is 0 Å². The second-order valence-corrected chi connectivity index (χ2v) is 3.56. The average Bonchev–Trinajstić information content (AvgIpc) is 2.09. The number of allylic oxidation sites excluding steroid dienone is 2. The fourth-order valence-corrected chi connectivity index (χ4v) is 1.53. The molecule has 70 valence electrons. The Bertz CT molecular complexity index is 295. The van der Waals surface area contributed by atoms with Gasteiger partial charge in [-0.3, -0.25) is 0 Å². The molecule has 0 unspecified atom stereocenters. The fourth-order valence-electron chi connectivity index (χ4n) is 1.53. The highest BCUT2D eigenvalue weighted by molar-refractivity contribution is 5.29. The van der Waals surface area contributed by atoms with Crippen molar-refractivity contribution in [3.8, 4) is 0 Å². The lowest BCUT2D eigenvalue weighted by Gasteiger charge is -2.05. The Kier molecular flexibility index (Phi) is 3.75. The zero-order valence-corrected chi connectivity index (χ0v) is 8.80. The van der Waals surface area contributed by atoms with E-state index >= 15 is 0 Å². The first-order valence-corrected chi connectivity index (χ1v) is 4.94. The molecule has 0 aliphatic heterocycles. The molecule has 0 nitrogen and oxygen atoms in total.